The number of benzene rings is 3. The average molecular weight is 448 g/mol. The topological polar surface area (TPSA) is 85.1 Å². The van der Waals surface area contributed by atoms with Crippen molar-refractivity contribution in [1.82, 2.24) is 4.98 Å². The third-order valence-corrected chi connectivity index (χ3v) is 4.92. The highest BCUT2D eigenvalue weighted by Crippen LogP contribution is 2.29. The fraction of sp³-hybridized carbons (Fsp3) is 0. The number of carbonyl (C=O) groups excluding carboxylic acids is 1. The van der Waals surface area contributed by atoms with Crippen LogP contribution >= 0.6 is 15.9 Å². The predicted octanol–water partition coefficient (Wildman–Crippen LogP) is 5.82. The lowest BCUT2D eigenvalue weighted by Gasteiger charge is -2.11. The van der Waals surface area contributed by atoms with Gasteiger partial charge in [0.15, 0.2) is 0 Å². The maximum absolute atomic E-state index is 13.1. The highest BCUT2D eigenvalue weighted by molar-refractivity contribution is 9.10. The van der Waals surface area contributed by atoms with Crippen molar-refractivity contribution in [1.29, 1.82) is 0 Å². The summed E-state index contributed by atoms with van der Waals surface area (Å²) >= 11 is 3.45. The van der Waals surface area contributed by atoms with E-state index in [-0.39, 0.29) is 11.4 Å². The number of halogens is 1. The Morgan fingerprint density at radius 1 is 0.966 bits per heavy atom. The highest BCUT2D eigenvalue weighted by atomic mass is 79.9. The summed E-state index contributed by atoms with van der Waals surface area (Å²) in [5.74, 6) is -0.436. The van der Waals surface area contributed by atoms with Gasteiger partial charge in [-0.05, 0) is 30.3 Å². The van der Waals surface area contributed by atoms with Gasteiger partial charge in [0.2, 0.25) is 0 Å². The zero-order valence-electron chi connectivity index (χ0n) is 15.0. The van der Waals surface area contributed by atoms with E-state index in [9.17, 15) is 14.9 Å². The number of nitro benzene ring substituents is 1. The Labute approximate surface area is 174 Å². The smallest absolute Gasteiger partial charge is 0.292 e. The van der Waals surface area contributed by atoms with Crippen LogP contribution in [0.3, 0.4) is 0 Å². The number of para-hydroxylation sites is 3. The fourth-order valence-electron chi connectivity index (χ4n) is 3.09. The second-order valence-electron chi connectivity index (χ2n) is 6.31. The first-order chi connectivity index (χ1) is 14.0. The number of pyridine rings is 1. The number of carbonyl (C=O) groups is 1. The molecular formula is C22H14BrN3O3. The molecule has 1 N–H and O–H groups in total. The molecule has 0 atom stereocenters. The minimum absolute atomic E-state index is 0.146. The van der Waals surface area contributed by atoms with Crippen molar-refractivity contribution in [3.05, 3.63) is 99.0 Å². The second kappa shape index (κ2) is 7.81. The third-order valence-electron chi connectivity index (χ3n) is 4.43. The first kappa shape index (κ1) is 18.8. The number of aromatic nitrogens is 1. The molecular weight excluding hydrogens is 434 g/mol. The van der Waals surface area contributed by atoms with E-state index in [1.807, 2.05) is 42.5 Å². The zero-order chi connectivity index (χ0) is 20.4. The lowest BCUT2D eigenvalue weighted by Crippen LogP contribution is -2.14. The quantitative estimate of drug-likeness (QED) is 0.315. The number of anilines is 1. The predicted molar refractivity (Wildman–Crippen MR) is 116 cm³/mol. The molecule has 1 heterocycles. The molecule has 1 aromatic heterocycles. The maximum Gasteiger partial charge on any atom is 0.292 e. The van der Waals surface area contributed by atoms with Crippen molar-refractivity contribution >= 4 is 44.1 Å². The number of amides is 1. The lowest BCUT2D eigenvalue weighted by molar-refractivity contribution is -0.383. The number of nitrogens with one attached hydrogen (secondary N) is 1. The molecule has 6 nitrogen and oxygen atoms in total. The first-order valence-electron chi connectivity index (χ1n) is 8.73. The zero-order valence-corrected chi connectivity index (χ0v) is 16.6. The highest BCUT2D eigenvalue weighted by Gasteiger charge is 2.18. The van der Waals surface area contributed by atoms with Crippen LogP contribution in [0.25, 0.3) is 22.2 Å². The monoisotopic (exact) mass is 447 g/mol. The van der Waals surface area contributed by atoms with Crippen molar-refractivity contribution in [2.24, 2.45) is 0 Å². The van der Waals surface area contributed by atoms with Crippen molar-refractivity contribution in [2.75, 3.05) is 5.32 Å². The van der Waals surface area contributed by atoms with Crippen LogP contribution in [0.5, 0.6) is 0 Å². The fourth-order valence-corrected chi connectivity index (χ4v) is 3.49. The summed E-state index contributed by atoms with van der Waals surface area (Å²) in [6, 6.07) is 22.7. The number of fused-ring (bicyclic) bond motifs is 1. The Morgan fingerprint density at radius 2 is 1.72 bits per heavy atom. The van der Waals surface area contributed by atoms with Crippen LogP contribution in [0.15, 0.2) is 83.3 Å². The van der Waals surface area contributed by atoms with Gasteiger partial charge in [0, 0.05) is 21.5 Å². The van der Waals surface area contributed by atoms with E-state index in [0.717, 1.165) is 10.0 Å². The van der Waals surface area contributed by atoms with Crippen molar-refractivity contribution < 1.29 is 9.72 Å². The van der Waals surface area contributed by atoms with Crippen LogP contribution < -0.4 is 5.32 Å². The summed E-state index contributed by atoms with van der Waals surface area (Å²) in [5, 5.41) is 14.6. The van der Waals surface area contributed by atoms with Gasteiger partial charge in [-0.25, -0.2) is 4.98 Å². The van der Waals surface area contributed by atoms with Gasteiger partial charge in [-0.1, -0.05) is 58.4 Å². The molecule has 0 saturated carbocycles. The molecule has 1 amide bonds. The molecule has 4 aromatic rings. The molecule has 0 fully saturated rings. The maximum atomic E-state index is 13.1. The van der Waals surface area contributed by atoms with Gasteiger partial charge in [0.05, 0.1) is 21.7 Å². The van der Waals surface area contributed by atoms with Crippen LogP contribution in [0.4, 0.5) is 11.4 Å². The number of hydrogen-bond donors (Lipinski definition) is 1. The van der Waals surface area contributed by atoms with E-state index < -0.39 is 10.8 Å². The Hall–Kier alpha value is -3.58. The normalized spacial score (nSPS) is 10.7. The molecule has 7 heteroatoms. The van der Waals surface area contributed by atoms with Gasteiger partial charge in [0.1, 0.15) is 5.69 Å². The van der Waals surface area contributed by atoms with E-state index in [1.54, 1.807) is 24.3 Å². The van der Waals surface area contributed by atoms with E-state index in [4.69, 9.17) is 0 Å². The van der Waals surface area contributed by atoms with Crippen molar-refractivity contribution in [2.45, 2.75) is 0 Å². The van der Waals surface area contributed by atoms with Gasteiger partial charge >= 0.3 is 0 Å². The summed E-state index contributed by atoms with van der Waals surface area (Å²) in [7, 11) is 0. The summed E-state index contributed by atoms with van der Waals surface area (Å²) in [4.78, 5) is 28.5. The van der Waals surface area contributed by atoms with E-state index in [0.29, 0.717) is 22.2 Å². The van der Waals surface area contributed by atoms with Gasteiger partial charge in [0.25, 0.3) is 11.6 Å². The Kier molecular flexibility index (Phi) is 5.05. The van der Waals surface area contributed by atoms with Crippen LogP contribution in [-0.2, 0) is 0 Å². The molecule has 29 heavy (non-hydrogen) atoms. The largest absolute Gasteiger partial charge is 0.316 e. The first-order valence-corrected chi connectivity index (χ1v) is 9.53. The van der Waals surface area contributed by atoms with E-state index in [1.165, 1.54) is 12.1 Å². The molecule has 0 radical (unpaired) electrons. The molecule has 142 valence electrons. The number of nitro groups is 1. The number of rotatable bonds is 4. The molecule has 0 bridgehead atoms. The summed E-state index contributed by atoms with van der Waals surface area (Å²) < 4.78 is 0.899. The Balaban J connectivity index is 1.82. The number of nitrogens with zero attached hydrogens (tertiary/aromatic N) is 2. The minimum atomic E-state index is -0.521. The van der Waals surface area contributed by atoms with Gasteiger partial charge in [-0.15, -0.1) is 0 Å². The van der Waals surface area contributed by atoms with Crippen LogP contribution in [0.1, 0.15) is 10.4 Å². The minimum Gasteiger partial charge on any atom is -0.316 e. The molecule has 0 aliphatic heterocycles. The standard InChI is InChI=1S/C22H14BrN3O3/c23-15-7-5-6-14(12-15)20-13-17(16-8-1-2-9-18(16)24-20)22(27)25-19-10-3-4-11-21(19)26(28)29/h1-13H,(H,25,27). The summed E-state index contributed by atoms with van der Waals surface area (Å²) in [6.45, 7) is 0. The molecule has 0 aliphatic carbocycles. The molecule has 0 aliphatic rings. The van der Waals surface area contributed by atoms with Gasteiger partial charge < -0.3 is 5.32 Å². The lowest BCUT2D eigenvalue weighted by atomic mass is 10.0. The molecule has 4 rings (SSSR count). The van der Waals surface area contributed by atoms with Crippen LogP contribution in [0, 0.1) is 10.1 Å². The van der Waals surface area contributed by atoms with E-state index >= 15 is 0 Å². The number of hydrogen-bond acceptors (Lipinski definition) is 4. The van der Waals surface area contributed by atoms with Crippen LogP contribution in [-0.4, -0.2) is 15.8 Å². The second-order valence-corrected chi connectivity index (χ2v) is 7.23. The average Bonchev–Trinajstić information content (AvgIpc) is 2.73. The molecule has 0 unspecified atom stereocenters. The van der Waals surface area contributed by atoms with Gasteiger partial charge in [-0.2, -0.15) is 0 Å². The van der Waals surface area contributed by atoms with Crippen molar-refractivity contribution in [3.8, 4) is 11.3 Å². The van der Waals surface area contributed by atoms with Crippen molar-refractivity contribution in [3.63, 3.8) is 0 Å². The summed E-state index contributed by atoms with van der Waals surface area (Å²) in [5.41, 5.74) is 2.53. The molecule has 0 spiro atoms. The third kappa shape index (κ3) is 3.86. The van der Waals surface area contributed by atoms with E-state index in [2.05, 4.69) is 26.2 Å². The van der Waals surface area contributed by atoms with Crippen LogP contribution in [0.2, 0.25) is 0 Å². The molecule has 3 aromatic carbocycles. The Bertz CT molecular complexity index is 1260. The SMILES string of the molecule is O=C(Nc1ccccc1[N+](=O)[O-])c1cc(-c2cccc(Br)c2)nc2ccccc12. The Morgan fingerprint density at radius 3 is 2.52 bits per heavy atom. The summed E-state index contributed by atoms with van der Waals surface area (Å²) in [6.07, 6.45) is 0. The van der Waals surface area contributed by atoms with Gasteiger partial charge in [-0.3, -0.25) is 14.9 Å². The molecule has 0 saturated heterocycles.